The summed E-state index contributed by atoms with van der Waals surface area (Å²) >= 11 is 5.94. The molecular formula is C14H13ClFNO. The first-order valence-electron chi connectivity index (χ1n) is 5.51. The van der Waals surface area contributed by atoms with Gasteiger partial charge in [-0.1, -0.05) is 11.6 Å². The molecule has 0 aromatic heterocycles. The van der Waals surface area contributed by atoms with Gasteiger partial charge >= 0.3 is 0 Å². The topological polar surface area (TPSA) is 21.3 Å². The van der Waals surface area contributed by atoms with Crippen molar-refractivity contribution in [1.82, 2.24) is 0 Å². The first-order chi connectivity index (χ1) is 8.69. The van der Waals surface area contributed by atoms with Crippen molar-refractivity contribution in [2.24, 2.45) is 0 Å². The van der Waals surface area contributed by atoms with E-state index in [2.05, 4.69) is 5.32 Å². The summed E-state index contributed by atoms with van der Waals surface area (Å²) in [5.41, 5.74) is 1.80. The van der Waals surface area contributed by atoms with E-state index in [9.17, 15) is 4.39 Å². The van der Waals surface area contributed by atoms with Crippen molar-refractivity contribution in [2.45, 2.75) is 6.54 Å². The van der Waals surface area contributed by atoms with Gasteiger partial charge < -0.3 is 10.1 Å². The molecule has 0 amide bonds. The zero-order valence-electron chi connectivity index (χ0n) is 9.91. The maximum absolute atomic E-state index is 12.8. The number of benzene rings is 2. The molecule has 1 N–H and O–H groups in total. The van der Waals surface area contributed by atoms with Gasteiger partial charge in [0, 0.05) is 22.8 Å². The Balaban J connectivity index is 2.09. The zero-order valence-corrected chi connectivity index (χ0v) is 10.7. The van der Waals surface area contributed by atoms with Crippen LogP contribution in [0, 0.1) is 5.82 Å². The van der Waals surface area contributed by atoms with Gasteiger partial charge in [0.1, 0.15) is 11.6 Å². The average Bonchev–Trinajstić information content (AvgIpc) is 2.38. The molecule has 0 unspecified atom stereocenters. The minimum Gasteiger partial charge on any atom is -0.496 e. The maximum atomic E-state index is 12.8. The molecule has 0 atom stereocenters. The number of rotatable bonds is 4. The van der Waals surface area contributed by atoms with Crippen LogP contribution in [0.2, 0.25) is 5.02 Å². The molecule has 0 saturated heterocycles. The molecule has 2 nitrogen and oxygen atoms in total. The van der Waals surface area contributed by atoms with Gasteiger partial charge in [0.15, 0.2) is 0 Å². The number of ether oxygens (including phenoxy) is 1. The van der Waals surface area contributed by atoms with Gasteiger partial charge in [0.25, 0.3) is 0 Å². The van der Waals surface area contributed by atoms with E-state index in [1.807, 2.05) is 12.1 Å². The Morgan fingerprint density at radius 3 is 2.56 bits per heavy atom. The molecule has 0 saturated carbocycles. The first kappa shape index (κ1) is 12.7. The predicted molar refractivity (Wildman–Crippen MR) is 71.7 cm³/mol. The second kappa shape index (κ2) is 5.74. The van der Waals surface area contributed by atoms with E-state index in [-0.39, 0.29) is 5.82 Å². The van der Waals surface area contributed by atoms with Crippen LogP contribution in [0.3, 0.4) is 0 Å². The quantitative estimate of drug-likeness (QED) is 0.899. The van der Waals surface area contributed by atoms with Crippen LogP contribution >= 0.6 is 11.6 Å². The Labute approximate surface area is 110 Å². The fraction of sp³-hybridized carbons (Fsp3) is 0.143. The molecule has 0 radical (unpaired) electrons. The van der Waals surface area contributed by atoms with E-state index in [4.69, 9.17) is 16.3 Å². The average molecular weight is 266 g/mol. The van der Waals surface area contributed by atoms with Crippen molar-refractivity contribution in [3.63, 3.8) is 0 Å². The Hall–Kier alpha value is -1.74. The number of nitrogens with one attached hydrogen (secondary N) is 1. The third-order valence-corrected chi connectivity index (χ3v) is 2.80. The number of hydrogen-bond donors (Lipinski definition) is 1. The fourth-order valence-electron chi connectivity index (χ4n) is 1.65. The molecule has 18 heavy (non-hydrogen) atoms. The summed E-state index contributed by atoms with van der Waals surface area (Å²) < 4.78 is 18.0. The molecule has 0 aliphatic rings. The van der Waals surface area contributed by atoms with Gasteiger partial charge in [-0.15, -0.1) is 0 Å². The smallest absolute Gasteiger partial charge is 0.123 e. The third-order valence-electron chi connectivity index (χ3n) is 2.57. The molecule has 0 bridgehead atoms. The molecule has 2 aromatic rings. The van der Waals surface area contributed by atoms with Gasteiger partial charge in [-0.2, -0.15) is 0 Å². The Bertz CT molecular complexity index is 528. The van der Waals surface area contributed by atoms with Crippen molar-refractivity contribution >= 4 is 17.3 Å². The van der Waals surface area contributed by atoms with Crippen molar-refractivity contribution in [2.75, 3.05) is 12.4 Å². The SMILES string of the molecule is COc1ccc(Cl)cc1CNc1ccc(F)cc1. The number of halogens is 2. The maximum Gasteiger partial charge on any atom is 0.123 e. The minimum atomic E-state index is -0.249. The molecule has 0 spiro atoms. The Morgan fingerprint density at radius 1 is 1.17 bits per heavy atom. The molecule has 0 aliphatic heterocycles. The molecule has 0 fully saturated rings. The van der Waals surface area contributed by atoms with E-state index < -0.39 is 0 Å². The normalized spacial score (nSPS) is 10.2. The highest BCUT2D eigenvalue weighted by molar-refractivity contribution is 6.30. The summed E-state index contributed by atoms with van der Waals surface area (Å²) in [6.45, 7) is 0.565. The molecule has 0 heterocycles. The minimum absolute atomic E-state index is 0.249. The van der Waals surface area contributed by atoms with Gasteiger partial charge in [-0.3, -0.25) is 0 Å². The molecule has 0 aliphatic carbocycles. The lowest BCUT2D eigenvalue weighted by molar-refractivity contribution is 0.410. The summed E-state index contributed by atoms with van der Waals surface area (Å²) in [6, 6.07) is 11.6. The van der Waals surface area contributed by atoms with E-state index in [0.29, 0.717) is 11.6 Å². The van der Waals surface area contributed by atoms with Crippen LogP contribution in [0.25, 0.3) is 0 Å². The predicted octanol–water partition coefficient (Wildman–Crippen LogP) is 4.10. The van der Waals surface area contributed by atoms with Crippen molar-refractivity contribution in [1.29, 1.82) is 0 Å². The van der Waals surface area contributed by atoms with Crippen LogP contribution in [-0.4, -0.2) is 7.11 Å². The largest absolute Gasteiger partial charge is 0.496 e. The van der Waals surface area contributed by atoms with Gasteiger partial charge in [-0.05, 0) is 42.5 Å². The lowest BCUT2D eigenvalue weighted by Gasteiger charge is -2.11. The van der Waals surface area contributed by atoms with E-state index in [1.165, 1.54) is 12.1 Å². The second-order valence-corrected chi connectivity index (χ2v) is 4.25. The lowest BCUT2D eigenvalue weighted by atomic mass is 10.2. The van der Waals surface area contributed by atoms with Gasteiger partial charge in [0.2, 0.25) is 0 Å². The Morgan fingerprint density at radius 2 is 1.89 bits per heavy atom. The number of anilines is 1. The van der Waals surface area contributed by atoms with Crippen LogP contribution in [0.1, 0.15) is 5.56 Å². The summed E-state index contributed by atoms with van der Waals surface area (Å²) in [6.07, 6.45) is 0. The van der Waals surface area contributed by atoms with Crippen molar-refractivity contribution < 1.29 is 9.13 Å². The number of methoxy groups -OCH3 is 1. The first-order valence-corrected chi connectivity index (χ1v) is 5.88. The molecule has 94 valence electrons. The van der Waals surface area contributed by atoms with E-state index in [1.54, 1.807) is 25.3 Å². The van der Waals surface area contributed by atoms with Crippen LogP contribution in [-0.2, 0) is 6.54 Å². The van der Waals surface area contributed by atoms with Crippen LogP contribution < -0.4 is 10.1 Å². The van der Waals surface area contributed by atoms with Crippen molar-refractivity contribution in [3.8, 4) is 5.75 Å². The molecule has 2 aromatic carbocycles. The number of hydrogen-bond acceptors (Lipinski definition) is 2. The standard InChI is InChI=1S/C14H13ClFNO/c1-18-14-7-2-11(15)8-10(14)9-17-13-5-3-12(16)4-6-13/h2-8,17H,9H2,1H3. The van der Waals surface area contributed by atoms with Crippen molar-refractivity contribution in [3.05, 3.63) is 58.9 Å². The second-order valence-electron chi connectivity index (χ2n) is 3.82. The van der Waals surface area contributed by atoms with E-state index >= 15 is 0 Å². The summed E-state index contributed by atoms with van der Waals surface area (Å²) in [7, 11) is 1.62. The van der Waals surface area contributed by atoms with E-state index in [0.717, 1.165) is 17.0 Å². The summed E-state index contributed by atoms with van der Waals surface area (Å²) in [4.78, 5) is 0. The van der Waals surface area contributed by atoms with Crippen LogP contribution in [0.15, 0.2) is 42.5 Å². The highest BCUT2D eigenvalue weighted by Gasteiger charge is 2.03. The highest BCUT2D eigenvalue weighted by Crippen LogP contribution is 2.23. The summed E-state index contributed by atoms with van der Waals surface area (Å²) in [5, 5.41) is 3.84. The fourth-order valence-corrected chi connectivity index (χ4v) is 1.85. The van der Waals surface area contributed by atoms with Crippen LogP contribution in [0.4, 0.5) is 10.1 Å². The third kappa shape index (κ3) is 3.14. The monoisotopic (exact) mass is 265 g/mol. The lowest BCUT2D eigenvalue weighted by Crippen LogP contribution is -2.01. The van der Waals surface area contributed by atoms with Gasteiger partial charge in [0.05, 0.1) is 7.11 Å². The summed E-state index contributed by atoms with van der Waals surface area (Å²) in [5.74, 6) is 0.523. The van der Waals surface area contributed by atoms with Gasteiger partial charge in [-0.25, -0.2) is 4.39 Å². The Kier molecular flexibility index (Phi) is 4.05. The molecule has 4 heteroatoms. The zero-order chi connectivity index (χ0) is 13.0. The van der Waals surface area contributed by atoms with Crippen LogP contribution in [0.5, 0.6) is 5.75 Å². The molecule has 2 rings (SSSR count). The molecular weight excluding hydrogens is 253 g/mol. The highest BCUT2D eigenvalue weighted by atomic mass is 35.5.